The van der Waals surface area contributed by atoms with Crippen LogP contribution in [0.25, 0.3) is 0 Å². The Labute approximate surface area is 132 Å². The Balaban J connectivity index is 1.98. The van der Waals surface area contributed by atoms with E-state index in [4.69, 9.17) is 27.9 Å². The number of thiophene rings is 1. The van der Waals surface area contributed by atoms with Crippen LogP contribution in [0.1, 0.15) is 23.2 Å². The highest BCUT2D eigenvalue weighted by Crippen LogP contribution is 2.32. The third-order valence-corrected chi connectivity index (χ3v) is 5.13. The van der Waals surface area contributed by atoms with Crippen molar-refractivity contribution in [1.29, 1.82) is 0 Å². The number of nitrogens with one attached hydrogen (secondary N) is 2. The van der Waals surface area contributed by atoms with E-state index in [1.54, 1.807) is 13.2 Å². The first kappa shape index (κ1) is 16.0. The fourth-order valence-electron chi connectivity index (χ4n) is 2.49. The van der Waals surface area contributed by atoms with Gasteiger partial charge in [-0.15, -0.1) is 11.3 Å². The number of carbonyl (C=O) groups excluding carboxylic acids is 1. The van der Waals surface area contributed by atoms with E-state index in [1.165, 1.54) is 11.3 Å². The summed E-state index contributed by atoms with van der Waals surface area (Å²) >= 11 is 13.1. The van der Waals surface area contributed by atoms with E-state index >= 15 is 0 Å². The van der Waals surface area contributed by atoms with Gasteiger partial charge in [-0.25, -0.2) is 0 Å². The van der Waals surface area contributed by atoms with E-state index in [0.29, 0.717) is 27.4 Å². The van der Waals surface area contributed by atoms with E-state index in [1.807, 2.05) is 0 Å². The summed E-state index contributed by atoms with van der Waals surface area (Å²) in [5.41, 5.74) is 0.449. The van der Waals surface area contributed by atoms with Crippen LogP contribution in [0.4, 0.5) is 0 Å². The molecule has 20 heavy (non-hydrogen) atoms. The van der Waals surface area contributed by atoms with Crippen LogP contribution in [-0.2, 0) is 4.74 Å². The zero-order valence-corrected chi connectivity index (χ0v) is 13.6. The molecule has 0 aliphatic carbocycles. The number of piperidine rings is 1. The number of hydrogen-bond donors (Lipinski definition) is 2. The van der Waals surface area contributed by atoms with E-state index < -0.39 is 0 Å². The van der Waals surface area contributed by atoms with Crippen LogP contribution >= 0.6 is 34.5 Å². The summed E-state index contributed by atoms with van der Waals surface area (Å²) < 4.78 is 6.28. The Morgan fingerprint density at radius 1 is 1.50 bits per heavy atom. The molecule has 0 unspecified atom stereocenters. The van der Waals surface area contributed by atoms with Gasteiger partial charge in [-0.1, -0.05) is 23.2 Å². The molecule has 4 nitrogen and oxygen atoms in total. The third-order valence-electron chi connectivity index (χ3n) is 3.64. The van der Waals surface area contributed by atoms with Crippen LogP contribution in [-0.4, -0.2) is 39.3 Å². The SMILES string of the molecule is COCC1(CNC(=O)c2cc(Cl)sc2Cl)CCNCC1. The second kappa shape index (κ2) is 7.09. The highest BCUT2D eigenvalue weighted by Gasteiger charge is 2.32. The second-order valence-corrected chi connectivity index (χ2v) is 7.39. The van der Waals surface area contributed by atoms with Crippen molar-refractivity contribution in [1.82, 2.24) is 10.6 Å². The largest absolute Gasteiger partial charge is 0.384 e. The molecule has 2 rings (SSSR count). The maximum Gasteiger partial charge on any atom is 0.253 e. The predicted octanol–water partition coefficient (Wildman–Crippen LogP) is 2.80. The number of amides is 1. The molecule has 0 spiro atoms. The molecule has 2 heterocycles. The molecule has 1 aliphatic rings. The Kier molecular flexibility index (Phi) is 5.69. The quantitative estimate of drug-likeness (QED) is 0.869. The Morgan fingerprint density at radius 3 is 2.75 bits per heavy atom. The minimum Gasteiger partial charge on any atom is -0.384 e. The van der Waals surface area contributed by atoms with Gasteiger partial charge in [0, 0.05) is 19.1 Å². The molecule has 1 fully saturated rings. The summed E-state index contributed by atoms with van der Waals surface area (Å²) in [7, 11) is 1.70. The maximum atomic E-state index is 12.2. The molecule has 0 saturated carbocycles. The fraction of sp³-hybridized carbons (Fsp3) is 0.615. The van der Waals surface area contributed by atoms with E-state index in [9.17, 15) is 4.79 Å². The van der Waals surface area contributed by atoms with Gasteiger partial charge in [0.1, 0.15) is 4.34 Å². The van der Waals surface area contributed by atoms with Crippen molar-refractivity contribution in [3.8, 4) is 0 Å². The molecular formula is C13H18Cl2N2O2S. The van der Waals surface area contributed by atoms with Crippen LogP contribution in [0.2, 0.25) is 8.67 Å². The lowest BCUT2D eigenvalue weighted by atomic mass is 9.79. The molecule has 7 heteroatoms. The lowest BCUT2D eigenvalue weighted by molar-refractivity contribution is 0.0512. The normalized spacial score (nSPS) is 17.9. The summed E-state index contributed by atoms with van der Waals surface area (Å²) in [6.07, 6.45) is 1.97. The van der Waals surface area contributed by atoms with E-state index in [0.717, 1.165) is 25.9 Å². The zero-order valence-electron chi connectivity index (χ0n) is 11.3. The minimum absolute atomic E-state index is 0.00194. The molecule has 1 amide bonds. The van der Waals surface area contributed by atoms with Crippen molar-refractivity contribution >= 4 is 40.4 Å². The highest BCUT2D eigenvalue weighted by atomic mass is 35.5. The van der Waals surface area contributed by atoms with Gasteiger partial charge in [0.25, 0.3) is 5.91 Å². The lowest BCUT2D eigenvalue weighted by Gasteiger charge is -2.37. The van der Waals surface area contributed by atoms with Crippen LogP contribution in [0.3, 0.4) is 0 Å². The van der Waals surface area contributed by atoms with Gasteiger partial charge in [-0.3, -0.25) is 4.79 Å². The van der Waals surface area contributed by atoms with Crippen molar-refractivity contribution in [3.63, 3.8) is 0 Å². The van der Waals surface area contributed by atoms with Crippen LogP contribution in [0.5, 0.6) is 0 Å². The van der Waals surface area contributed by atoms with Crippen molar-refractivity contribution in [2.45, 2.75) is 12.8 Å². The highest BCUT2D eigenvalue weighted by molar-refractivity contribution is 7.20. The first-order valence-electron chi connectivity index (χ1n) is 6.49. The number of halogens is 2. The molecule has 0 radical (unpaired) electrons. The maximum absolute atomic E-state index is 12.2. The van der Waals surface area contributed by atoms with Crippen LogP contribution < -0.4 is 10.6 Å². The first-order valence-corrected chi connectivity index (χ1v) is 8.06. The van der Waals surface area contributed by atoms with Crippen molar-refractivity contribution in [2.24, 2.45) is 5.41 Å². The average molecular weight is 337 g/mol. The molecule has 1 aliphatic heterocycles. The lowest BCUT2D eigenvalue weighted by Crippen LogP contribution is -2.47. The minimum atomic E-state index is -0.174. The zero-order chi connectivity index (χ0) is 14.6. The molecule has 2 N–H and O–H groups in total. The van der Waals surface area contributed by atoms with Gasteiger partial charge >= 0.3 is 0 Å². The van der Waals surface area contributed by atoms with Gasteiger partial charge in [0.15, 0.2) is 0 Å². The molecule has 0 aromatic carbocycles. The van der Waals surface area contributed by atoms with Crippen LogP contribution in [0, 0.1) is 5.41 Å². The van der Waals surface area contributed by atoms with Gasteiger partial charge in [0.2, 0.25) is 0 Å². The van der Waals surface area contributed by atoms with Gasteiger partial charge in [-0.05, 0) is 32.0 Å². The smallest absolute Gasteiger partial charge is 0.253 e. The summed E-state index contributed by atoms with van der Waals surface area (Å²) in [6, 6.07) is 1.61. The summed E-state index contributed by atoms with van der Waals surface area (Å²) in [6.45, 7) is 3.13. The first-order chi connectivity index (χ1) is 9.56. The van der Waals surface area contributed by atoms with Crippen molar-refractivity contribution < 1.29 is 9.53 Å². The topological polar surface area (TPSA) is 50.4 Å². The van der Waals surface area contributed by atoms with Gasteiger partial charge in [0.05, 0.1) is 16.5 Å². The monoisotopic (exact) mass is 336 g/mol. The van der Waals surface area contributed by atoms with E-state index in [2.05, 4.69) is 10.6 Å². The summed E-state index contributed by atoms with van der Waals surface area (Å²) in [5, 5.41) is 6.29. The predicted molar refractivity (Wildman–Crippen MR) is 83.1 cm³/mol. The van der Waals surface area contributed by atoms with E-state index in [-0.39, 0.29) is 11.3 Å². The molecule has 112 valence electrons. The van der Waals surface area contributed by atoms with Crippen molar-refractivity contribution in [2.75, 3.05) is 33.4 Å². The average Bonchev–Trinajstić information content (AvgIpc) is 2.77. The van der Waals surface area contributed by atoms with Crippen LogP contribution in [0.15, 0.2) is 6.07 Å². The fourth-order valence-corrected chi connectivity index (χ4v) is 3.95. The Bertz CT molecular complexity index is 467. The van der Waals surface area contributed by atoms with Gasteiger partial charge < -0.3 is 15.4 Å². The number of hydrogen-bond acceptors (Lipinski definition) is 4. The Morgan fingerprint density at radius 2 is 2.20 bits per heavy atom. The number of methoxy groups -OCH3 is 1. The van der Waals surface area contributed by atoms with Gasteiger partial charge in [-0.2, -0.15) is 0 Å². The standard InChI is InChI=1S/C13H18Cl2N2O2S/c1-19-8-13(2-4-16-5-3-13)7-17-12(18)9-6-10(14)20-11(9)15/h6,16H,2-5,7-8H2,1H3,(H,17,18). The Hall–Kier alpha value is -0.330. The number of rotatable bonds is 5. The molecule has 1 aromatic heterocycles. The summed E-state index contributed by atoms with van der Waals surface area (Å²) in [4.78, 5) is 12.2. The number of ether oxygens (including phenoxy) is 1. The molecular weight excluding hydrogens is 319 g/mol. The number of carbonyl (C=O) groups is 1. The third kappa shape index (κ3) is 3.86. The van der Waals surface area contributed by atoms with Crippen molar-refractivity contribution in [3.05, 3.63) is 20.3 Å². The molecule has 1 saturated heterocycles. The summed E-state index contributed by atoms with van der Waals surface area (Å²) in [5.74, 6) is -0.174. The molecule has 0 bridgehead atoms. The second-order valence-electron chi connectivity index (χ2n) is 5.10. The molecule has 0 atom stereocenters. The molecule has 1 aromatic rings.